The summed E-state index contributed by atoms with van der Waals surface area (Å²) in [4.78, 5) is 13.6. The van der Waals surface area contributed by atoms with E-state index in [4.69, 9.17) is 4.74 Å². The van der Waals surface area contributed by atoms with Crippen LogP contribution < -0.4 is 4.90 Å². The van der Waals surface area contributed by atoms with Crippen LogP contribution in [0.15, 0.2) is 24.3 Å². The van der Waals surface area contributed by atoms with Crippen molar-refractivity contribution in [1.82, 2.24) is 0 Å². The lowest BCUT2D eigenvalue weighted by Crippen LogP contribution is -2.49. The predicted molar refractivity (Wildman–Crippen MR) is 73.7 cm³/mol. The molecular formula is C12H16INO2. The van der Waals surface area contributed by atoms with Crippen LogP contribution in [0.2, 0.25) is 0 Å². The highest BCUT2D eigenvalue weighted by molar-refractivity contribution is 14.1. The number of hydrogen-bond donors (Lipinski definition) is 0. The van der Waals surface area contributed by atoms with Gasteiger partial charge in [0.05, 0.1) is 12.8 Å². The van der Waals surface area contributed by atoms with Gasteiger partial charge in [-0.05, 0) is 48.6 Å². The normalized spacial score (nSPS) is 11.1. The second-order valence-electron chi connectivity index (χ2n) is 4.06. The highest BCUT2D eigenvalue weighted by Gasteiger charge is 2.34. The van der Waals surface area contributed by atoms with Crippen molar-refractivity contribution < 1.29 is 9.53 Å². The Morgan fingerprint density at radius 1 is 1.38 bits per heavy atom. The van der Waals surface area contributed by atoms with Crippen molar-refractivity contribution in [2.45, 2.75) is 19.4 Å². The van der Waals surface area contributed by atoms with E-state index in [2.05, 4.69) is 22.6 Å². The first kappa shape index (κ1) is 13.3. The molecule has 0 N–H and O–H groups in total. The lowest BCUT2D eigenvalue weighted by atomic mass is 10.0. The summed E-state index contributed by atoms with van der Waals surface area (Å²) in [6, 6.07) is 7.94. The Balaban J connectivity index is 3.07. The molecule has 0 saturated carbocycles. The number of benzene rings is 1. The molecule has 0 aromatic heterocycles. The van der Waals surface area contributed by atoms with Crippen molar-refractivity contribution in [3.63, 3.8) is 0 Å². The number of para-hydroxylation sites is 1. The molecule has 0 aliphatic heterocycles. The van der Waals surface area contributed by atoms with Gasteiger partial charge in [-0.1, -0.05) is 12.1 Å². The molecule has 3 nitrogen and oxygen atoms in total. The zero-order valence-corrected chi connectivity index (χ0v) is 12.1. The Kier molecular flexibility index (Phi) is 4.18. The molecule has 1 aromatic rings. The number of nitrogens with zero attached hydrogens (tertiary/aromatic N) is 1. The van der Waals surface area contributed by atoms with Gasteiger partial charge < -0.3 is 9.64 Å². The standard InChI is InChI=1S/C12H16INO2/c1-12(2,11(15)16-4)14(3)10-8-6-5-7-9(10)13/h5-8H,1-4H3. The van der Waals surface area contributed by atoms with Crippen molar-refractivity contribution in [3.05, 3.63) is 27.8 Å². The van der Waals surface area contributed by atoms with Gasteiger partial charge in [0, 0.05) is 10.6 Å². The third kappa shape index (κ3) is 2.48. The molecule has 0 aliphatic rings. The van der Waals surface area contributed by atoms with Gasteiger partial charge in [0.25, 0.3) is 0 Å². The number of methoxy groups -OCH3 is 1. The SMILES string of the molecule is COC(=O)C(C)(C)N(C)c1ccccc1I. The Bertz CT molecular complexity index is 390. The Labute approximate surface area is 110 Å². The van der Waals surface area contributed by atoms with E-state index in [1.807, 2.05) is 50.1 Å². The summed E-state index contributed by atoms with van der Waals surface area (Å²) < 4.78 is 5.93. The van der Waals surface area contributed by atoms with Gasteiger partial charge in [-0.3, -0.25) is 0 Å². The van der Waals surface area contributed by atoms with Crippen LogP contribution in [-0.4, -0.2) is 25.7 Å². The van der Waals surface area contributed by atoms with E-state index in [0.29, 0.717) is 0 Å². The largest absolute Gasteiger partial charge is 0.467 e. The number of esters is 1. The minimum absolute atomic E-state index is 0.241. The molecule has 1 rings (SSSR count). The van der Waals surface area contributed by atoms with E-state index in [1.54, 1.807) is 0 Å². The van der Waals surface area contributed by atoms with Crippen LogP contribution in [0.4, 0.5) is 5.69 Å². The van der Waals surface area contributed by atoms with E-state index < -0.39 is 5.54 Å². The minimum atomic E-state index is -0.671. The Morgan fingerprint density at radius 3 is 2.44 bits per heavy atom. The van der Waals surface area contributed by atoms with Crippen LogP contribution in [0.5, 0.6) is 0 Å². The lowest BCUT2D eigenvalue weighted by molar-refractivity contribution is -0.145. The maximum absolute atomic E-state index is 11.7. The molecule has 16 heavy (non-hydrogen) atoms. The first-order valence-corrected chi connectivity index (χ1v) is 6.06. The highest BCUT2D eigenvalue weighted by atomic mass is 127. The van der Waals surface area contributed by atoms with Crippen molar-refractivity contribution in [2.75, 3.05) is 19.1 Å². The molecule has 0 aliphatic carbocycles. The maximum atomic E-state index is 11.7. The summed E-state index contributed by atoms with van der Waals surface area (Å²) in [5.74, 6) is -0.241. The molecule has 0 unspecified atom stereocenters. The number of likely N-dealkylation sites (N-methyl/N-ethyl adjacent to an activating group) is 1. The summed E-state index contributed by atoms with van der Waals surface area (Å²) in [5.41, 5.74) is 0.356. The van der Waals surface area contributed by atoms with Gasteiger partial charge >= 0.3 is 5.97 Å². The van der Waals surface area contributed by atoms with Gasteiger partial charge in [0.15, 0.2) is 0 Å². The van der Waals surface area contributed by atoms with Crippen molar-refractivity contribution in [2.24, 2.45) is 0 Å². The van der Waals surface area contributed by atoms with Crippen LogP contribution in [0, 0.1) is 3.57 Å². The van der Waals surface area contributed by atoms with Gasteiger partial charge in [0.2, 0.25) is 0 Å². The molecule has 0 heterocycles. The second kappa shape index (κ2) is 5.03. The van der Waals surface area contributed by atoms with Crippen LogP contribution in [0.1, 0.15) is 13.8 Å². The number of anilines is 1. The Hall–Kier alpha value is -0.780. The number of carbonyl (C=O) groups excluding carboxylic acids is 1. The minimum Gasteiger partial charge on any atom is -0.467 e. The van der Waals surface area contributed by atoms with Gasteiger partial charge in [0.1, 0.15) is 5.54 Å². The van der Waals surface area contributed by atoms with Crippen molar-refractivity contribution >= 4 is 34.2 Å². The van der Waals surface area contributed by atoms with Gasteiger partial charge in [-0.25, -0.2) is 4.79 Å². The lowest BCUT2D eigenvalue weighted by Gasteiger charge is -2.35. The smallest absolute Gasteiger partial charge is 0.331 e. The number of hydrogen-bond acceptors (Lipinski definition) is 3. The third-order valence-corrected chi connectivity index (χ3v) is 3.65. The quantitative estimate of drug-likeness (QED) is 0.629. The maximum Gasteiger partial charge on any atom is 0.331 e. The molecule has 88 valence electrons. The van der Waals surface area contributed by atoms with Crippen LogP contribution >= 0.6 is 22.6 Å². The topological polar surface area (TPSA) is 29.5 Å². The fourth-order valence-corrected chi connectivity index (χ4v) is 2.16. The van der Waals surface area contributed by atoms with E-state index in [0.717, 1.165) is 9.26 Å². The van der Waals surface area contributed by atoms with Crippen molar-refractivity contribution in [3.8, 4) is 0 Å². The summed E-state index contributed by atoms with van der Waals surface area (Å²) >= 11 is 2.26. The molecule has 0 spiro atoms. The van der Waals surface area contributed by atoms with Crippen molar-refractivity contribution in [1.29, 1.82) is 0 Å². The van der Waals surface area contributed by atoms with Gasteiger partial charge in [-0.15, -0.1) is 0 Å². The van der Waals surface area contributed by atoms with E-state index >= 15 is 0 Å². The average molecular weight is 333 g/mol. The monoisotopic (exact) mass is 333 g/mol. The molecule has 0 atom stereocenters. The highest BCUT2D eigenvalue weighted by Crippen LogP contribution is 2.27. The molecule has 0 radical (unpaired) electrons. The fraction of sp³-hybridized carbons (Fsp3) is 0.417. The number of ether oxygens (including phenoxy) is 1. The third-order valence-electron chi connectivity index (χ3n) is 2.74. The Morgan fingerprint density at radius 2 is 1.94 bits per heavy atom. The van der Waals surface area contributed by atoms with Crippen LogP contribution in [0.25, 0.3) is 0 Å². The number of carbonyl (C=O) groups is 1. The molecule has 0 fully saturated rings. The molecule has 4 heteroatoms. The number of rotatable bonds is 3. The first-order valence-electron chi connectivity index (χ1n) is 4.98. The molecule has 0 bridgehead atoms. The summed E-state index contributed by atoms with van der Waals surface area (Å²) in [5, 5.41) is 0. The first-order chi connectivity index (χ1) is 7.41. The average Bonchev–Trinajstić information content (AvgIpc) is 2.27. The van der Waals surface area contributed by atoms with E-state index in [-0.39, 0.29) is 5.97 Å². The van der Waals surface area contributed by atoms with E-state index in [1.165, 1.54) is 7.11 Å². The summed E-state index contributed by atoms with van der Waals surface area (Å²) in [7, 11) is 3.31. The van der Waals surface area contributed by atoms with Crippen LogP contribution in [0.3, 0.4) is 0 Å². The second-order valence-corrected chi connectivity index (χ2v) is 5.22. The molecule has 1 aromatic carbocycles. The summed E-state index contributed by atoms with van der Waals surface area (Å²) in [6.07, 6.45) is 0. The number of halogens is 1. The van der Waals surface area contributed by atoms with Gasteiger partial charge in [-0.2, -0.15) is 0 Å². The summed E-state index contributed by atoms with van der Waals surface area (Å²) in [6.45, 7) is 3.70. The molecule has 0 saturated heterocycles. The van der Waals surface area contributed by atoms with E-state index in [9.17, 15) is 4.79 Å². The zero-order valence-electron chi connectivity index (χ0n) is 9.95. The fourth-order valence-electron chi connectivity index (χ4n) is 1.41. The van der Waals surface area contributed by atoms with Crippen LogP contribution in [-0.2, 0) is 9.53 Å². The molecular weight excluding hydrogens is 317 g/mol. The zero-order chi connectivity index (χ0) is 12.3. The molecule has 0 amide bonds. The predicted octanol–water partition coefficient (Wildman–Crippen LogP) is 2.68.